The van der Waals surface area contributed by atoms with Crippen LogP contribution < -0.4 is 5.32 Å². The molecule has 5 heteroatoms. The fraction of sp³-hybridized carbons (Fsp3) is 0.0714. The minimum absolute atomic E-state index is 0.236. The Labute approximate surface area is 109 Å². The minimum Gasteiger partial charge on any atom is -0.366 e. The first kappa shape index (κ1) is 12.5. The quantitative estimate of drug-likeness (QED) is 0.911. The number of benzene rings is 1. The van der Waals surface area contributed by atoms with E-state index in [4.69, 9.17) is 10.5 Å². The second kappa shape index (κ2) is 5.61. The first-order chi connectivity index (χ1) is 9.22. The summed E-state index contributed by atoms with van der Waals surface area (Å²) in [7, 11) is 0. The van der Waals surface area contributed by atoms with Crippen molar-refractivity contribution < 1.29 is 4.39 Å². The smallest absolute Gasteiger partial charge is 0.142 e. The highest BCUT2D eigenvalue weighted by Gasteiger charge is 2.04. The Morgan fingerprint density at radius 2 is 2.00 bits per heavy atom. The van der Waals surface area contributed by atoms with Gasteiger partial charge in [0.1, 0.15) is 23.4 Å². The third-order valence-corrected chi connectivity index (χ3v) is 2.51. The van der Waals surface area contributed by atoms with Gasteiger partial charge >= 0.3 is 0 Å². The molecule has 0 atom stereocenters. The molecular formula is C14H9FN4. The number of hydrogen-bond acceptors (Lipinski definition) is 4. The average molecular weight is 252 g/mol. The molecule has 1 aromatic carbocycles. The standard InChI is InChI=1S/C14H9FN4/c15-13-6-10(7-16)4-5-11(13)9-18-14-3-1-2-12(8-17)19-14/h1-6H,9H2,(H,18,19). The minimum atomic E-state index is -0.442. The molecule has 0 saturated carbocycles. The van der Waals surface area contributed by atoms with Crippen molar-refractivity contribution in [2.45, 2.75) is 6.54 Å². The highest BCUT2D eigenvalue weighted by molar-refractivity contribution is 5.40. The lowest BCUT2D eigenvalue weighted by molar-refractivity contribution is 0.612. The molecule has 0 radical (unpaired) electrons. The zero-order valence-electron chi connectivity index (χ0n) is 9.89. The van der Waals surface area contributed by atoms with E-state index in [1.54, 1.807) is 30.3 Å². The van der Waals surface area contributed by atoms with Gasteiger partial charge in [0.05, 0.1) is 11.6 Å². The summed E-state index contributed by atoms with van der Waals surface area (Å²) < 4.78 is 13.6. The zero-order valence-corrected chi connectivity index (χ0v) is 9.89. The van der Waals surface area contributed by atoms with Crippen LogP contribution in [0.15, 0.2) is 36.4 Å². The number of rotatable bonds is 3. The second-order valence-electron chi connectivity index (χ2n) is 3.79. The maximum absolute atomic E-state index is 13.6. The SMILES string of the molecule is N#Cc1ccc(CNc2cccc(C#N)n2)c(F)c1. The number of nitrogens with one attached hydrogen (secondary N) is 1. The fourth-order valence-corrected chi connectivity index (χ4v) is 1.54. The number of pyridine rings is 1. The van der Waals surface area contributed by atoms with Gasteiger partial charge in [-0.15, -0.1) is 0 Å². The molecule has 2 aromatic rings. The van der Waals surface area contributed by atoms with Crippen molar-refractivity contribution in [1.29, 1.82) is 10.5 Å². The van der Waals surface area contributed by atoms with Crippen molar-refractivity contribution in [3.63, 3.8) is 0 Å². The summed E-state index contributed by atoms with van der Waals surface area (Å²) in [4.78, 5) is 4.02. The Balaban J connectivity index is 2.11. The summed E-state index contributed by atoms with van der Waals surface area (Å²) in [5, 5.41) is 20.3. The van der Waals surface area contributed by atoms with E-state index in [0.29, 0.717) is 17.1 Å². The van der Waals surface area contributed by atoms with Gasteiger partial charge in [-0.05, 0) is 24.3 Å². The molecule has 19 heavy (non-hydrogen) atoms. The number of nitrogens with zero attached hydrogens (tertiary/aromatic N) is 3. The van der Waals surface area contributed by atoms with Crippen LogP contribution in [-0.2, 0) is 6.54 Å². The van der Waals surface area contributed by atoms with Crippen LogP contribution in [0.4, 0.5) is 10.2 Å². The molecule has 0 bridgehead atoms. The molecule has 1 N–H and O–H groups in total. The van der Waals surface area contributed by atoms with Crippen molar-refractivity contribution in [1.82, 2.24) is 4.98 Å². The Bertz CT molecular complexity index is 683. The van der Waals surface area contributed by atoms with Crippen molar-refractivity contribution in [2.24, 2.45) is 0 Å². The molecular weight excluding hydrogens is 243 g/mol. The van der Waals surface area contributed by atoms with E-state index >= 15 is 0 Å². The van der Waals surface area contributed by atoms with Crippen LogP contribution in [0.1, 0.15) is 16.8 Å². The van der Waals surface area contributed by atoms with Gasteiger partial charge in [-0.1, -0.05) is 12.1 Å². The predicted octanol–water partition coefficient (Wildman–Crippen LogP) is 2.58. The van der Waals surface area contributed by atoms with Crippen LogP contribution in [0.25, 0.3) is 0 Å². The molecule has 92 valence electrons. The third-order valence-electron chi connectivity index (χ3n) is 2.51. The first-order valence-electron chi connectivity index (χ1n) is 5.52. The van der Waals surface area contributed by atoms with Gasteiger partial charge in [0.2, 0.25) is 0 Å². The number of halogens is 1. The Hall–Kier alpha value is -2.92. The van der Waals surface area contributed by atoms with Crippen molar-refractivity contribution in [2.75, 3.05) is 5.32 Å². The zero-order chi connectivity index (χ0) is 13.7. The monoisotopic (exact) mass is 252 g/mol. The normalized spacial score (nSPS) is 9.42. The van der Waals surface area contributed by atoms with Crippen molar-refractivity contribution in [3.8, 4) is 12.1 Å². The molecule has 1 aromatic heterocycles. The van der Waals surface area contributed by atoms with Crippen LogP contribution in [0, 0.1) is 28.5 Å². The largest absolute Gasteiger partial charge is 0.366 e. The Kier molecular flexibility index (Phi) is 3.70. The predicted molar refractivity (Wildman–Crippen MR) is 67.4 cm³/mol. The highest BCUT2D eigenvalue weighted by atomic mass is 19.1. The highest BCUT2D eigenvalue weighted by Crippen LogP contribution is 2.12. The molecule has 0 aliphatic carbocycles. The van der Waals surface area contributed by atoms with Gasteiger partial charge in [-0.25, -0.2) is 9.37 Å². The third kappa shape index (κ3) is 3.05. The molecule has 2 rings (SSSR count). The molecule has 0 aliphatic rings. The summed E-state index contributed by atoms with van der Waals surface area (Å²) in [6.07, 6.45) is 0. The van der Waals surface area contributed by atoms with E-state index in [-0.39, 0.29) is 12.1 Å². The van der Waals surface area contributed by atoms with Gasteiger partial charge < -0.3 is 5.32 Å². The Morgan fingerprint density at radius 1 is 1.16 bits per heavy atom. The second-order valence-corrected chi connectivity index (χ2v) is 3.79. The molecule has 0 spiro atoms. The molecule has 0 unspecified atom stereocenters. The lowest BCUT2D eigenvalue weighted by Gasteiger charge is -2.07. The number of anilines is 1. The van der Waals surface area contributed by atoms with E-state index < -0.39 is 5.82 Å². The molecule has 0 aliphatic heterocycles. The fourth-order valence-electron chi connectivity index (χ4n) is 1.54. The van der Waals surface area contributed by atoms with E-state index in [1.807, 2.05) is 12.1 Å². The van der Waals surface area contributed by atoms with E-state index in [1.165, 1.54) is 6.07 Å². The Morgan fingerprint density at radius 3 is 2.68 bits per heavy atom. The number of aromatic nitrogens is 1. The van der Waals surface area contributed by atoms with Gasteiger partial charge in [0, 0.05) is 12.1 Å². The van der Waals surface area contributed by atoms with Gasteiger partial charge in [0.25, 0.3) is 0 Å². The maximum Gasteiger partial charge on any atom is 0.142 e. The van der Waals surface area contributed by atoms with Crippen LogP contribution in [0.5, 0.6) is 0 Å². The van der Waals surface area contributed by atoms with E-state index in [2.05, 4.69) is 10.3 Å². The topological polar surface area (TPSA) is 72.5 Å². The summed E-state index contributed by atoms with van der Waals surface area (Å²) in [6, 6.07) is 13.1. The van der Waals surface area contributed by atoms with Crippen molar-refractivity contribution >= 4 is 5.82 Å². The van der Waals surface area contributed by atoms with Crippen LogP contribution >= 0.6 is 0 Å². The lowest BCUT2D eigenvalue weighted by Crippen LogP contribution is -2.04. The lowest BCUT2D eigenvalue weighted by atomic mass is 10.1. The molecule has 0 fully saturated rings. The molecule has 4 nitrogen and oxygen atoms in total. The van der Waals surface area contributed by atoms with E-state index in [0.717, 1.165) is 0 Å². The summed E-state index contributed by atoms with van der Waals surface area (Å²) in [5.74, 6) is 0.0609. The maximum atomic E-state index is 13.6. The van der Waals surface area contributed by atoms with E-state index in [9.17, 15) is 4.39 Å². The number of nitriles is 2. The first-order valence-corrected chi connectivity index (χ1v) is 5.52. The average Bonchev–Trinajstić information content (AvgIpc) is 2.46. The van der Waals surface area contributed by atoms with Crippen LogP contribution in [-0.4, -0.2) is 4.98 Å². The van der Waals surface area contributed by atoms with Gasteiger partial charge in [-0.2, -0.15) is 10.5 Å². The van der Waals surface area contributed by atoms with Crippen LogP contribution in [0.3, 0.4) is 0 Å². The molecule has 0 amide bonds. The van der Waals surface area contributed by atoms with Gasteiger partial charge in [-0.3, -0.25) is 0 Å². The van der Waals surface area contributed by atoms with Crippen LogP contribution in [0.2, 0.25) is 0 Å². The molecule has 1 heterocycles. The summed E-state index contributed by atoms with van der Waals surface area (Å²) in [5.41, 5.74) is 1.01. The van der Waals surface area contributed by atoms with Gasteiger partial charge in [0.15, 0.2) is 0 Å². The van der Waals surface area contributed by atoms with Crippen molar-refractivity contribution in [3.05, 3.63) is 59.0 Å². The summed E-state index contributed by atoms with van der Waals surface area (Å²) in [6.45, 7) is 0.236. The summed E-state index contributed by atoms with van der Waals surface area (Å²) >= 11 is 0. The number of hydrogen-bond donors (Lipinski definition) is 1. The molecule has 0 saturated heterocycles.